The number of carbonyl (C=O) groups is 2. The van der Waals surface area contributed by atoms with Crippen molar-refractivity contribution in [3.63, 3.8) is 0 Å². The summed E-state index contributed by atoms with van der Waals surface area (Å²) in [5, 5.41) is 9.18. The summed E-state index contributed by atoms with van der Waals surface area (Å²) in [5.74, 6) is 0.583. The fraction of sp³-hybridized carbons (Fsp3) is 0.421. The summed E-state index contributed by atoms with van der Waals surface area (Å²) in [7, 11) is 1.55. The molecular formula is C19H24N4O4. The molecule has 2 N–H and O–H groups in total. The molecule has 0 unspecified atom stereocenters. The zero-order chi connectivity index (χ0) is 19.1. The molecule has 0 atom stereocenters. The summed E-state index contributed by atoms with van der Waals surface area (Å²) in [6, 6.07) is 8.46. The Morgan fingerprint density at radius 1 is 1.19 bits per heavy atom. The predicted octanol–water partition coefficient (Wildman–Crippen LogP) is 3.49. The predicted molar refractivity (Wildman–Crippen MR) is 101 cm³/mol. The van der Waals surface area contributed by atoms with E-state index in [-0.39, 0.29) is 24.5 Å². The Hall–Kier alpha value is -3.03. The molecule has 0 spiro atoms. The average molecular weight is 372 g/mol. The largest absolute Gasteiger partial charge is 0.495 e. The summed E-state index contributed by atoms with van der Waals surface area (Å²) in [6.07, 6.45) is 6.40. The van der Waals surface area contributed by atoms with E-state index in [1.807, 2.05) is 12.1 Å². The van der Waals surface area contributed by atoms with E-state index >= 15 is 0 Å². The molecule has 1 aromatic heterocycles. The molecule has 0 bridgehead atoms. The molecule has 1 saturated carbocycles. The number of aromatic nitrogens is 1. The number of urea groups is 1. The fourth-order valence-corrected chi connectivity index (χ4v) is 3.31. The minimum atomic E-state index is -0.318. The van der Waals surface area contributed by atoms with E-state index in [2.05, 4.69) is 15.8 Å². The van der Waals surface area contributed by atoms with Gasteiger partial charge in [-0.2, -0.15) is 0 Å². The van der Waals surface area contributed by atoms with Gasteiger partial charge in [0.2, 0.25) is 5.91 Å². The Bertz CT molecular complexity index is 757. The van der Waals surface area contributed by atoms with Gasteiger partial charge in [0.15, 0.2) is 5.82 Å². The van der Waals surface area contributed by atoms with Crippen LogP contribution < -0.4 is 15.4 Å². The first-order valence-corrected chi connectivity index (χ1v) is 9.08. The average Bonchev–Trinajstić information content (AvgIpc) is 3.20. The molecule has 3 amide bonds. The molecule has 0 aliphatic heterocycles. The highest BCUT2D eigenvalue weighted by molar-refractivity contribution is 5.97. The van der Waals surface area contributed by atoms with Crippen LogP contribution in [0.2, 0.25) is 0 Å². The lowest BCUT2D eigenvalue weighted by molar-refractivity contribution is -0.117. The second-order valence-corrected chi connectivity index (χ2v) is 6.48. The van der Waals surface area contributed by atoms with Crippen LogP contribution in [0.25, 0.3) is 0 Å². The van der Waals surface area contributed by atoms with Gasteiger partial charge in [-0.05, 0) is 25.0 Å². The van der Waals surface area contributed by atoms with Gasteiger partial charge < -0.3 is 24.8 Å². The zero-order valence-corrected chi connectivity index (χ0v) is 15.3. The van der Waals surface area contributed by atoms with Gasteiger partial charge in [0.1, 0.15) is 18.6 Å². The first-order chi connectivity index (χ1) is 13.2. The highest BCUT2D eigenvalue weighted by Gasteiger charge is 2.28. The van der Waals surface area contributed by atoms with E-state index in [0.717, 1.165) is 32.1 Å². The number of amides is 3. The third kappa shape index (κ3) is 4.99. The van der Waals surface area contributed by atoms with Crippen molar-refractivity contribution in [1.29, 1.82) is 0 Å². The second kappa shape index (κ2) is 9.07. The number of rotatable bonds is 6. The normalized spacial score (nSPS) is 14.4. The van der Waals surface area contributed by atoms with Crippen molar-refractivity contribution in [2.75, 3.05) is 24.3 Å². The zero-order valence-electron chi connectivity index (χ0n) is 15.3. The van der Waals surface area contributed by atoms with Crippen LogP contribution in [0, 0.1) is 0 Å². The summed E-state index contributed by atoms with van der Waals surface area (Å²) in [6.45, 7) is -0.0570. The molecule has 1 heterocycles. The Kier molecular flexibility index (Phi) is 6.30. The smallest absolute Gasteiger partial charge is 0.322 e. The highest BCUT2D eigenvalue weighted by Crippen LogP contribution is 2.26. The third-order valence-corrected chi connectivity index (χ3v) is 4.64. The maximum Gasteiger partial charge on any atom is 0.322 e. The van der Waals surface area contributed by atoms with Crippen LogP contribution in [0.1, 0.15) is 32.1 Å². The van der Waals surface area contributed by atoms with Crippen molar-refractivity contribution >= 4 is 23.4 Å². The number of benzene rings is 1. The molecule has 0 radical (unpaired) electrons. The first kappa shape index (κ1) is 18.8. The van der Waals surface area contributed by atoms with E-state index < -0.39 is 0 Å². The van der Waals surface area contributed by atoms with Gasteiger partial charge in [-0.15, -0.1) is 0 Å². The number of hydrogen-bond acceptors (Lipinski definition) is 5. The summed E-state index contributed by atoms with van der Waals surface area (Å²) < 4.78 is 10.0. The van der Waals surface area contributed by atoms with Crippen LogP contribution in [0.4, 0.5) is 16.3 Å². The van der Waals surface area contributed by atoms with Gasteiger partial charge in [-0.3, -0.25) is 4.79 Å². The molecule has 1 fully saturated rings. The van der Waals surface area contributed by atoms with Crippen molar-refractivity contribution in [2.24, 2.45) is 0 Å². The van der Waals surface area contributed by atoms with Crippen molar-refractivity contribution in [3.8, 4) is 5.75 Å². The molecule has 0 saturated heterocycles. The van der Waals surface area contributed by atoms with Crippen LogP contribution in [-0.2, 0) is 4.79 Å². The maximum atomic E-state index is 13.0. The first-order valence-electron chi connectivity index (χ1n) is 9.08. The minimum Gasteiger partial charge on any atom is -0.495 e. The number of hydrogen-bond donors (Lipinski definition) is 2. The number of para-hydroxylation sites is 2. The van der Waals surface area contributed by atoms with E-state index in [1.165, 1.54) is 6.26 Å². The molecule has 144 valence electrons. The molecule has 1 aliphatic carbocycles. The van der Waals surface area contributed by atoms with Gasteiger partial charge >= 0.3 is 6.03 Å². The molecule has 1 aromatic carbocycles. The number of carbonyl (C=O) groups excluding carboxylic acids is 2. The summed E-state index contributed by atoms with van der Waals surface area (Å²) in [4.78, 5) is 27.0. The van der Waals surface area contributed by atoms with Gasteiger partial charge in [0, 0.05) is 12.1 Å². The number of ether oxygens (including phenoxy) is 1. The lowest BCUT2D eigenvalue weighted by Gasteiger charge is -2.34. The van der Waals surface area contributed by atoms with Crippen molar-refractivity contribution in [2.45, 2.75) is 38.1 Å². The Balaban J connectivity index is 1.72. The molecule has 8 nitrogen and oxygen atoms in total. The van der Waals surface area contributed by atoms with Gasteiger partial charge in [-0.25, -0.2) is 4.79 Å². The van der Waals surface area contributed by atoms with Crippen LogP contribution in [-0.4, -0.2) is 41.7 Å². The molecule has 8 heteroatoms. The Morgan fingerprint density at radius 3 is 2.67 bits per heavy atom. The SMILES string of the molecule is COc1ccccc1NC(=O)N(CC(=O)Nc1ccon1)C1CCCCC1. The quantitative estimate of drug-likeness (QED) is 0.809. The molecule has 27 heavy (non-hydrogen) atoms. The van der Waals surface area contributed by atoms with Crippen molar-refractivity contribution < 1.29 is 18.8 Å². The van der Waals surface area contributed by atoms with E-state index in [0.29, 0.717) is 17.3 Å². The molecule has 2 aromatic rings. The second-order valence-electron chi connectivity index (χ2n) is 6.48. The number of nitrogens with one attached hydrogen (secondary N) is 2. The minimum absolute atomic E-state index is 0.0246. The maximum absolute atomic E-state index is 13.0. The number of methoxy groups -OCH3 is 1. The van der Waals surface area contributed by atoms with Gasteiger partial charge in [0.05, 0.1) is 12.8 Å². The number of anilines is 2. The summed E-state index contributed by atoms with van der Waals surface area (Å²) >= 11 is 0. The molecule has 1 aliphatic rings. The van der Waals surface area contributed by atoms with E-state index in [1.54, 1.807) is 30.2 Å². The molecular weight excluding hydrogens is 348 g/mol. The van der Waals surface area contributed by atoms with Gasteiger partial charge in [-0.1, -0.05) is 36.6 Å². The monoisotopic (exact) mass is 372 g/mol. The van der Waals surface area contributed by atoms with Crippen molar-refractivity contribution in [1.82, 2.24) is 10.1 Å². The number of nitrogens with zero attached hydrogens (tertiary/aromatic N) is 2. The van der Waals surface area contributed by atoms with Crippen molar-refractivity contribution in [3.05, 3.63) is 36.6 Å². The standard InChI is InChI=1S/C19H24N4O4/c1-26-16-10-6-5-9-15(16)20-19(25)23(14-7-3-2-4-8-14)13-18(24)21-17-11-12-27-22-17/h5-6,9-12,14H,2-4,7-8,13H2,1H3,(H,20,25)(H,21,22,24). The summed E-state index contributed by atoms with van der Waals surface area (Å²) in [5.41, 5.74) is 0.572. The lowest BCUT2D eigenvalue weighted by atomic mass is 9.94. The molecule has 3 rings (SSSR count). The Morgan fingerprint density at radius 2 is 1.96 bits per heavy atom. The topological polar surface area (TPSA) is 96.7 Å². The van der Waals surface area contributed by atoms with Crippen LogP contribution in [0.3, 0.4) is 0 Å². The lowest BCUT2D eigenvalue weighted by Crippen LogP contribution is -2.47. The van der Waals surface area contributed by atoms with E-state index in [9.17, 15) is 9.59 Å². The van der Waals surface area contributed by atoms with E-state index in [4.69, 9.17) is 9.26 Å². The highest BCUT2D eigenvalue weighted by atomic mass is 16.5. The van der Waals surface area contributed by atoms with Gasteiger partial charge in [0.25, 0.3) is 0 Å². The fourth-order valence-electron chi connectivity index (χ4n) is 3.31. The Labute approximate surface area is 157 Å². The van der Waals surface area contributed by atoms with Crippen LogP contribution in [0.15, 0.2) is 41.1 Å². The van der Waals surface area contributed by atoms with Crippen LogP contribution in [0.5, 0.6) is 5.75 Å². The van der Waals surface area contributed by atoms with Crippen LogP contribution >= 0.6 is 0 Å². The third-order valence-electron chi connectivity index (χ3n) is 4.64.